The van der Waals surface area contributed by atoms with Gasteiger partial charge in [-0.1, -0.05) is 13.8 Å². The summed E-state index contributed by atoms with van der Waals surface area (Å²) in [7, 11) is 0. The predicted molar refractivity (Wildman–Crippen MR) is 103 cm³/mol. The van der Waals surface area contributed by atoms with E-state index in [9.17, 15) is 9.90 Å². The molecule has 1 saturated carbocycles. The number of carbonyl (C=O) groups excluding carboxylic acids is 1. The number of aliphatic hydroxyl groups is 1. The Morgan fingerprint density at radius 3 is 2.28 bits per heavy atom. The molecule has 2 aliphatic rings. The molecular formula is C18H33Cl2N3O2. The smallest absolute Gasteiger partial charge is 0.239 e. The summed E-state index contributed by atoms with van der Waals surface area (Å²) >= 11 is 12.4. The van der Waals surface area contributed by atoms with Gasteiger partial charge in [-0.25, -0.2) is 0 Å². The third kappa shape index (κ3) is 5.46. The van der Waals surface area contributed by atoms with Crippen LogP contribution < -0.4 is 11.5 Å². The molecule has 1 heterocycles. The number of hydrogen-bond acceptors (Lipinski definition) is 4. The monoisotopic (exact) mass is 393 g/mol. The summed E-state index contributed by atoms with van der Waals surface area (Å²) < 4.78 is 0. The molecule has 7 heteroatoms. The molecule has 0 aromatic carbocycles. The zero-order valence-corrected chi connectivity index (χ0v) is 16.8. The van der Waals surface area contributed by atoms with Crippen LogP contribution in [-0.4, -0.2) is 57.9 Å². The minimum Gasteiger partial charge on any atom is -0.393 e. The second-order valence-electron chi connectivity index (χ2n) is 8.21. The van der Waals surface area contributed by atoms with E-state index in [1.54, 1.807) is 0 Å². The van der Waals surface area contributed by atoms with E-state index in [-0.39, 0.29) is 28.6 Å². The SMILES string of the molecule is CC(C)C[C@H](N)C(=O)N1CCC([C@@H](N)C2CC(Cl)C(Cl)CC2O)CC1. The molecule has 0 aromatic heterocycles. The normalized spacial score (nSPS) is 34.2. The highest BCUT2D eigenvalue weighted by Gasteiger charge is 2.40. The number of alkyl halides is 2. The molecule has 1 amide bonds. The van der Waals surface area contributed by atoms with Gasteiger partial charge in [-0.05, 0) is 43.9 Å². The minimum absolute atomic E-state index is 0.0204. The van der Waals surface area contributed by atoms with Crippen molar-refractivity contribution >= 4 is 29.1 Å². The summed E-state index contributed by atoms with van der Waals surface area (Å²) in [6.07, 6.45) is 3.06. The van der Waals surface area contributed by atoms with Crippen molar-refractivity contribution in [3.63, 3.8) is 0 Å². The summed E-state index contributed by atoms with van der Waals surface area (Å²) in [6.45, 7) is 5.52. The Labute approximate surface area is 161 Å². The van der Waals surface area contributed by atoms with Gasteiger partial charge in [0.15, 0.2) is 0 Å². The van der Waals surface area contributed by atoms with Crippen LogP contribution in [0, 0.1) is 17.8 Å². The molecule has 6 atom stereocenters. The van der Waals surface area contributed by atoms with Crippen LogP contribution >= 0.6 is 23.2 Å². The fraction of sp³-hybridized carbons (Fsp3) is 0.944. The number of rotatable bonds is 5. The van der Waals surface area contributed by atoms with Crippen molar-refractivity contribution in [1.82, 2.24) is 4.90 Å². The van der Waals surface area contributed by atoms with Gasteiger partial charge in [0, 0.05) is 25.0 Å². The van der Waals surface area contributed by atoms with Crippen molar-refractivity contribution in [2.75, 3.05) is 13.1 Å². The number of likely N-dealkylation sites (tertiary alicyclic amines) is 1. The first-order valence-electron chi connectivity index (χ1n) is 9.46. The first-order valence-corrected chi connectivity index (χ1v) is 10.3. The fourth-order valence-corrected chi connectivity index (χ4v) is 4.82. The summed E-state index contributed by atoms with van der Waals surface area (Å²) in [6, 6.07) is -0.523. The third-order valence-corrected chi connectivity index (χ3v) is 6.88. The number of nitrogens with zero attached hydrogens (tertiary/aromatic N) is 1. The second kappa shape index (κ2) is 9.23. The molecule has 2 rings (SSSR count). The van der Waals surface area contributed by atoms with Crippen molar-refractivity contribution < 1.29 is 9.90 Å². The number of piperidine rings is 1. The molecule has 1 aliphatic carbocycles. The molecule has 0 bridgehead atoms. The van der Waals surface area contributed by atoms with Gasteiger partial charge in [0.2, 0.25) is 5.91 Å². The Kier molecular flexibility index (Phi) is 7.84. The van der Waals surface area contributed by atoms with E-state index in [4.69, 9.17) is 34.7 Å². The summed E-state index contributed by atoms with van der Waals surface area (Å²) in [4.78, 5) is 14.3. The van der Waals surface area contributed by atoms with E-state index in [1.165, 1.54) is 0 Å². The maximum Gasteiger partial charge on any atom is 0.239 e. The van der Waals surface area contributed by atoms with E-state index in [1.807, 2.05) is 4.90 Å². The average molecular weight is 394 g/mol. The third-order valence-electron chi connectivity index (χ3n) is 5.78. The Bertz CT molecular complexity index is 444. The van der Waals surface area contributed by atoms with Gasteiger partial charge in [-0.2, -0.15) is 0 Å². The fourth-order valence-electron chi connectivity index (χ4n) is 4.23. The van der Waals surface area contributed by atoms with Crippen molar-refractivity contribution in [1.29, 1.82) is 0 Å². The maximum atomic E-state index is 12.4. The van der Waals surface area contributed by atoms with E-state index >= 15 is 0 Å². The lowest BCUT2D eigenvalue weighted by Crippen LogP contribution is -2.53. The van der Waals surface area contributed by atoms with Crippen molar-refractivity contribution in [3.05, 3.63) is 0 Å². The quantitative estimate of drug-likeness (QED) is 0.621. The molecule has 25 heavy (non-hydrogen) atoms. The van der Waals surface area contributed by atoms with E-state index in [0.717, 1.165) is 12.8 Å². The summed E-state index contributed by atoms with van der Waals surface area (Å²) in [5, 5.41) is 10.0. The molecule has 5 nitrogen and oxygen atoms in total. The number of carbonyl (C=O) groups is 1. The molecule has 2 fully saturated rings. The number of hydrogen-bond donors (Lipinski definition) is 3. The Balaban J connectivity index is 1.86. The van der Waals surface area contributed by atoms with Crippen molar-refractivity contribution in [2.45, 2.75) is 74.9 Å². The second-order valence-corrected chi connectivity index (χ2v) is 9.33. The lowest BCUT2D eigenvalue weighted by Gasteiger charge is -2.42. The summed E-state index contributed by atoms with van der Waals surface area (Å²) in [5.74, 6) is 0.727. The van der Waals surface area contributed by atoms with Gasteiger partial charge >= 0.3 is 0 Å². The Hall–Kier alpha value is -0.0700. The lowest BCUT2D eigenvalue weighted by molar-refractivity contribution is -0.134. The molecule has 0 spiro atoms. The molecule has 4 unspecified atom stereocenters. The van der Waals surface area contributed by atoms with Gasteiger partial charge in [0.05, 0.1) is 22.9 Å². The maximum absolute atomic E-state index is 12.4. The topological polar surface area (TPSA) is 92.6 Å². The number of aliphatic hydroxyl groups excluding tert-OH is 1. The van der Waals surface area contributed by atoms with Gasteiger partial charge in [-0.15, -0.1) is 23.2 Å². The van der Waals surface area contributed by atoms with E-state index < -0.39 is 12.1 Å². The van der Waals surface area contributed by atoms with Crippen molar-refractivity contribution in [2.24, 2.45) is 29.2 Å². The minimum atomic E-state index is -0.494. The molecular weight excluding hydrogens is 361 g/mol. The Morgan fingerprint density at radius 1 is 1.16 bits per heavy atom. The van der Waals surface area contributed by atoms with Crippen LogP contribution in [0.15, 0.2) is 0 Å². The van der Waals surface area contributed by atoms with Crippen LogP contribution in [0.1, 0.15) is 46.0 Å². The van der Waals surface area contributed by atoms with Crippen LogP contribution in [0.2, 0.25) is 0 Å². The number of nitrogens with two attached hydrogens (primary N) is 2. The molecule has 5 N–H and O–H groups in total. The van der Waals surface area contributed by atoms with Gasteiger partial charge < -0.3 is 21.5 Å². The number of halogens is 2. The Morgan fingerprint density at radius 2 is 1.72 bits per heavy atom. The first kappa shape index (κ1) is 21.2. The number of amides is 1. The molecule has 1 saturated heterocycles. The van der Waals surface area contributed by atoms with Crippen LogP contribution in [0.4, 0.5) is 0 Å². The average Bonchev–Trinajstić information content (AvgIpc) is 2.56. The highest BCUT2D eigenvalue weighted by atomic mass is 35.5. The van der Waals surface area contributed by atoms with Crippen LogP contribution in [0.5, 0.6) is 0 Å². The predicted octanol–water partition coefficient (Wildman–Crippen LogP) is 1.91. The van der Waals surface area contributed by atoms with Crippen LogP contribution in [-0.2, 0) is 4.79 Å². The molecule has 0 radical (unpaired) electrons. The van der Waals surface area contributed by atoms with Gasteiger partial charge in [0.25, 0.3) is 0 Å². The van der Waals surface area contributed by atoms with Gasteiger partial charge in [-0.3, -0.25) is 4.79 Å². The van der Waals surface area contributed by atoms with Gasteiger partial charge in [0.1, 0.15) is 0 Å². The zero-order valence-electron chi connectivity index (χ0n) is 15.3. The highest BCUT2D eigenvalue weighted by Crippen LogP contribution is 2.37. The molecule has 1 aliphatic heterocycles. The largest absolute Gasteiger partial charge is 0.393 e. The zero-order chi connectivity index (χ0) is 18.7. The van der Waals surface area contributed by atoms with Crippen LogP contribution in [0.3, 0.4) is 0 Å². The summed E-state index contributed by atoms with van der Waals surface area (Å²) in [5.41, 5.74) is 12.5. The van der Waals surface area contributed by atoms with Crippen LogP contribution in [0.25, 0.3) is 0 Å². The molecule has 146 valence electrons. The van der Waals surface area contributed by atoms with E-state index in [2.05, 4.69) is 13.8 Å². The highest BCUT2D eigenvalue weighted by molar-refractivity contribution is 6.30. The standard InChI is InChI=1S/C18H33Cl2N3O2/c1-10(2)7-15(21)18(25)23-5-3-11(4-6-23)17(22)12-8-13(19)14(20)9-16(12)24/h10-17,24H,3-9,21-22H2,1-2H3/t12?,13?,14?,15-,16?,17+/m0/s1. The lowest BCUT2D eigenvalue weighted by atomic mass is 9.74. The molecule has 0 aromatic rings. The first-order chi connectivity index (χ1) is 11.7. The van der Waals surface area contributed by atoms with Crippen molar-refractivity contribution in [3.8, 4) is 0 Å². The van der Waals surface area contributed by atoms with E-state index in [0.29, 0.717) is 44.2 Å².